The smallest absolute Gasteiger partial charge is 0.268 e. The van der Waals surface area contributed by atoms with Crippen molar-refractivity contribution in [2.75, 3.05) is 5.73 Å². The Hall–Kier alpha value is -2.23. The van der Waals surface area contributed by atoms with Crippen molar-refractivity contribution in [3.8, 4) is 0 Å². The fourth-order valence-corrected chi connectivity index (χ4v) is 1.42. The van der Waals surface area contributed by atoms with E-state index in [2.05, 4.69) is 10.3 Å². The molecule has 0 unspecified atom stereocenters. The number of H-pyrrole nitrogens is 1. The third-order valence-corrected chi connectivity index (χ3v) is 2.25. The summed E-state index contributed by atoms with van der Waals surface area (Å²) in [5.74, 6) is -0.152. The van der Waals surface area contributed by atoms with Gasteiger partial charge in [0.15, 0.2) is 0 Å². The van der Waals surface area contributed by atoms with E-state index in [0.717, 1.165) is 5.56 Å². The van der Waals surface area contributed by atoms with Crippen molar-refractivity contribution >= 4 is 11.6 Å². The maximum Gasteiger partial charge on any atom is 0.268 e. The van der Waals surface area contributed by atoms with E-state index in [4.69, 9.17) is 5.73 Å². The van der Waals surface area contributed by atoms with Crippen LogP contribution in [0, 0.1) is 0 Å². The molecule has 1 amide bonds. The zero-order chi connectivity index (χ0) is 11.4. The second kappa shape index (κ2) is 4.53. The Morgan fingerprint density at radius 1 is 1.31 bits per heavy atom. The molecule has 0 radical (unpaired) electrons. The van der Waals surface area contributed by atoms with Gasteiger partial charge in [-0.3, -0.25) is 4.79 Å². The second-order valence-corrected chi connectivity index (χ2v) is 3.51. The van der Waals surface area contributed by atoms with E-state index in [-0.39, 0.29) is 5.91 Å². The molecule has 1 aromatic heterocycles. The average molecular weight is 215 g/mol. The molecule has 0 aliphatic heterocycles. The van der Waals surface area contributed by atoms with Crippen LogP contribution in [-0.2, 0) is 6.54 Å². The number of nitrogens with two attached hydrogens (primary N) is 1. The third-order valence-electron chi connectivity index (χ3n) is 2.25. The summed E-state index contributed by atoms with van der Waals surface area (Å²) >= 11 is 0. The molecule has 16 heavy (non-hydrogen) atoms. The number of amides is 1. The molecule has 0 bridgehead atoms. The van der Waals surface area contributed by atoms with Crippen LogP contribution in [0.5, 0.6) is 0 Å². The van der Waals surface area contributed by atoms with Crippen molar-refractivity contribution in [3.63, 3.8) is 0 Å². The summed E-state index contributed by atoms with van der Waals surface area (Å²) in [5, 5.41) is 2.80. The summed E-state index contributed by atoms with van der Waals surface area (Å²) < 4.78 is 0. The molecule has 0 atom stereocenters. The van der Waals surface area contributed by atoms with Gasteiger partial charge in [0.1, 0.15) is 5.69 Å². The Morgan fingerprint density at radius 2 is 2.06 bits per heavy atom. The molecular formula is C12H13N3O. The summed E-state index contributed by atoms with van der Waals surface area (Å²) in [6.45, 7) is 0.512. The lowest BCUT2D eigenvalue weighted by Gasteiger charge is -2.03. The first kappa shape index (κ1) is 10.3. The van der Waals surface area contributed by atoms with Crippen LogP contribution in [0.25, 0.3) is 0 Å². The number of aromatic nitrogens is 1. The van der Waals surface area contributed by atoms with Crippen LogP contribution >= 0.6 is 0 Å². The van der Waals surface area contributed by atoms with Gasteiger partial charge in [0.2, 0.25) is 0 Å². The van der Waals surface area contributed by atoms with Crippen LogP contribution in [0.1, 0.15) is 16.1 Å². The molecule has 2 rings (SSSR count). The predicted molar refractivity (Wildman–Crippen MR) is 62.8 cm³/mol. The number of carbonyl (C=O) groups is 1. The minimum absolute atomic E-state index is 0.152. The van der Waals surface area contributed by atoms with E-state index in [9.17, 15) is 4.79 Å². The number of nitrogens with one attached hydrogen (secondary N) is 2. The van der Waals surface area contributed by atoms with Gasteiger partial charge in [0.05, 0.1) is 0 Å². The van der Waals surface area contributed by atoms with Gasteiger partial charge >= 0.3 is 0 Å². The van der Waals surface area contributed by atoms with Crippen LogP contribution in [0.15, 0.2) is 42.6 Å². The number of hydrogen-bond donors (Lipinski definition) is 3. The van der Waals surface area contributed by atoms with E-state index < -0.39 is 0 Å². The van der Waals surface area contributed by atoms with E-state index in [1.807, 2.05) is 30.3 Å². The van der Waals surface area contributed by atoms with Crippen LogP contribution in [0.4, 0.5) is 5.69 Å². The zero-order valence-electron chi connectivity index (χ0n) is 8.73. The molecule has 82 valence electrons. The first-order valence-corrected chi connectivity index (χ1v) is 5.02. The van der Waals surface area contributed by atoms with Crippen molar-refractivity contribution in [1.29, 1.82) is 0 Å². The van der Waals surface area contributed by atoms with Crippen molar-refractivity contribution in [2.24, 2.45) is 0 Å². The van der Waals surface area contributed by atoms with Gasteiger partial charge in [-0.15, -0.1) is 0 Å². The standard InChI is InChI=1S/C12H13N3O/c13-10-6-11(14-8-10)12(16)15-7-9-4-2-1-3-5-9/h1-6,8,14H,7,13H2,(H,15,16). The SMILES string of the molecule is Nc1c[nH]c(C(=O)NCc2ccccc2)c1. The largest absolute Gasteiger partial charge is 0.397 e. The maximum absolute atomic E-state index is 11.6. The molecule has 1 heterocycles. The number of carbonyl (C=O) groups excluding carboxylic acids is 1. The Labute approximate surface area is 93.5 Å². The molecule has 0 saturated carbocycles. The monoisotopic (exact) mass is 215 g/mol. The Kier molecular flexibility index (Phi) is 2.91. The highest BCUT2D eigenvalue weighted by molar-refractivity contribution is 5.93. The molecule has 0 aliphatic carbocycles. The average Bonchev–Trinajstić information content (AvgIpc) is 2.74. The summed E-state index contributed by atoms with van der Waals surface area (Å²) in [6, 6.07) is 11.4. The third kappa shape index (κ3) is 2.42. The highest BCUT2D eigenvalue weighted by atomic mass is 16.1. The van der Waals surface area contributed by atoms with Gasteiger partial charge in [0.25, 0.3) is 5.91 Å². The fourth-order valence-electron chi connectivity index (χ4n) is 1.42. The molecule has 1 aromatic carbocycles. The first-order chi connectivity index (χ1) is 7.75. The van der Waals surface area contributed by atoms with Gasteiger partial charge in [-0.25, -0.2) is 0 Å². The molecule has 0 saturated heterocycles. The second-order valence-electron chi connectivity index (χ2n) is 3.51. The molecule has 0 aliphatic rings. The number of aromatic amines is 1. The van der Waals surface area contributed by atoms with E-state index in [1.54, 1.807) is 12.3 Å². The van der Waals surface area contributed by atoms with Crippen LogP contribution in [0.2, 0.25) is 0 Å². The zero-order valence-corrected chi connectivity index (χ0v) is 8.73. The normalized spacial score (nSPS) is 10.0. The molecule has 0 fully saturated rings. The lowest BCUT2D eigenvalue weighted by atomic mass is 10.2. The number of hydrogen-bond acceptors (Lipinski definition) is 2. The summed E-state index contributed by atoms with van der Waals surface area (Å²) in [5.41, 5.74) is 7.62. The van der Waals surface area contributed by atoms with E-state index >= 15 is 0 Å². The highest BCUT2D eigenvalue weighted by Gasteiger charge is 2.06. The lowest BCUT2D eigenvalue weighted by Crippen LogP contribution is -2.22. The quantitative estimate of drug-likeness (QED) is 0.726. The Bertz CT molecular complexity index is 476. The number of rotatable bonds is 3. The Morgan fingerprint density at radius 3 is 2.69 bits per heavy atom. The van der Waals surface area contributed by atoms with Crippen LogP contribution < -0.4 is 11.1 Å². The number of anilines is 1. The molecule has 0 spiro atoms. The van der Waals surface area contributed by atoms with Crippen LogP contribution in [0.3, 0.4) is 0 Å². The van der Waals surface area contributed by atoms with E-state index in [1.165, 1.54) is 0 Å². The summed E-state index contributed by atoms with van der Waals surface area (Å²) in [7, 11) is 0. The van der Waals surface area contributed by atoms with Gasteiger partial charge in [-0.2, -0.15) is 0 Å². The summed E-state index contributed by atoms with van der Waals surface area (Å²) in [6.07, 6.45) is 1.59. The van der Waals surface area contributed by atoms with Gasteiger partial charge < -0.3 is 16.0 Å². The van der Waals surface area contributed by atoms with Crippen molar-refractivity contribution in [1.82, 2.24) is 10.3 Å². The molecule has 4 N–H and O–H groups in total. The van der Waals surface area contributed by atoms with Crippen molar-refractivity contribution in [2.45, 2.75) is 6.54 Å². The van der Waals surface area contributed by atoms with Crippen LogP contribution in [-0.4, -0.2) is 10.9 Å². The molecule has 4 nitrogen and oxygen atoms in total. The number of benzene rings is 1. The van der Waals surface area contributed by atoms with E-state index in [0.29, 0.717) is 17.9 Å². The maximum atomic E-state index is 11.6. The lowest BCUT2D eigenvalue weighted by molar-refractivity contribution is 0.0946. The highest BCUT2D eigenvalue weighted by Crippen LogP contribution is 2.04. The minimum Gasteiger partial charge on any atom is -0.397 e. The topological polar surface area (TPSA) is 70.9 Å². The molecular weight excluding hydrogens is 202 g/mol. The fraction of sp³-hybridized carbons (Fsp3) is 0.0833. The minimum atomic E-state index is -0.152. The van der Waals surface area contributed by atoms with Gasteiger partial charge in [0, 0.05) is 18.4 Å². The van der Waals surface area contributed by atoms with Gasteiger partial charge in [-0.05, 0) is 11.6 Å². The number of nitrogen functional groups attached to an aromatic ring is 1. The van der Waals surface area contributed by atoms with Gasteiger partial charge in [-0.1, -0.05) is 30.3 Å². The van der Waals surface area contributed by atoms with Crippen molar-refractivity contribution in [3.05, 3.63) is 53.9 Å². The predicted octanol–water partition coefficient (Wildman–Crippen LogP) is 1.53. The molecule has 4 heteroatoms. The first-order valence-electron chi connectivity index (χ1n) is 5.02. The molecule has 2 aromatic rings. The van der Waals surface area contributed by atoms with Crippen molar-refractivity contribution < 1.29 is 4.79 Å². The Balaban J connectivity index is 1.94. The summed E-state index contributed by atoms with van der Waals surface area (Å²) in [4.78, 5) is 14.4.